The van der Waals surface area contributed by atoms with Crippen molar-refractivity contribution >= 4 is 43.5 Å². The number of benzene rings is 7. The highest BCUT2D eigenvalue weighted by molar-refractivity contribution is 6.13. The molecule has 2 aromatic heterocycles. The minimum absolute atomic E-state index is 0.617. The molecule has 0 radical (unpaired) electrons. The second kappa shape index (κ2) is 10.2. The molecule has 0 aliphatic heterocycles. The molecule has 0 atom stereocenters. The predicted octanol–water partition coefficient (Wildman–Crippen LogP) is 10.7. The van der Waals surface area contributed by atoms with Crippen molar-refractivity contribution in [1.29, 1.82) is 0 Å². The Morgan fingerprint density at radius 2 is 0.956 bits per heavy atom. The largest absolute Gasteiger partial charge is 0.456 e. The van der Waals surface area contributed by atoms with Gasteiger partial charge >= 0.3 is 0 Å². The molecule has 0 bridgehead atoms. The van der Waals surface area contributed by atoms with E-state index in [1.54, 1.807) is 0 Å². The van der Waals surface area contributed by atoms with Crippen LogP contribution in [-0.4, -0.2) is 15.0 Å². The molecule has 4 nitrogen and oxygen atoms in total. The van der Waals surface area contributed by atoms with Gasteiger partial charge in [-0.15, -0.1) is 0 Å². The van der Waals surface area contributed by atoms with Gasteiger partial charge in [-0.1, -0.05) is 127 Å². The quantitative estimate of drug-likeness (QED) is 0.196. The highest BCUT2D eigenvalue weighted by Crippen LogP contribution is 2.36. The molecule has 0 N–H and O–H groups in total. The first-order valence-corrected chi connectivity index (χ1v) is 15.0. The van der Waals surface area contributed by atoms with Crippen LogP contribution >= 0.6 is 0 Å². The lowest BCUT2D eigenvalue weighted by atomic mass is 9.97. The van der Waals surface area contributed by atoms with Crippen LogP contribution in [0.25, 0.3) is 88.8 Å². The van der Waals surface area contributed by atoms with E-state index in [1.165, 1.54) is 16.3 Å². The SMILES string of the molecule is c1ccc(-c2ccc(-c3nc(-c4ccc5oc6ccccc6c5c4)nc(-c4cccc5ccc6ccccc6c45)n3)cc2)cc1. The second-order valence-corrected chi connectivity index (χ2v) is 11.2. The van der Waals surface area contributed by atoms with Gasteiger partial charge in [0.1, 0.15) is 11.2 Å². The standard InChI is InChI=1S/C41H25N3O/c1-2-9-26(10-3-1)27-17-21-30(22-18-27)39-42-40(31-23-24-37-35(25-31)33-14-6-7-16-36(33)45-37)44-41(43-39)34-15-8-12-29-20-19-28-11-4-5-13-32(28)38(29)34/h1-25H. The van der Waals surface area contributed by atoms with Crippen LogP contribution in [0.1, 0.15) is 0 Å². The topological polar surface area (TPSA) is 51.8 Å². The normalized spacial score (nSPS) is 11.6. The molecule has 210 valence electrons. The zero-order chi connectivity index (χ0) is 29.7. The van der Waals surface area contributed by atoms with Crippen LogP contribution in [0, 0.1) is 0 Å². The van der Waals surface area contributed by atoms with Gasteiger partial charge in [-0.25, -0.2) is 15.0 Å². The minimum atomic E-state index is 0.617. The molecule has 0 fully saturated rings. The van der Waals surface area contributed by atoms with Gasteiger partial charge in [-0.05, 0) is 51.6 Å². The van der Waals surface area contributed by atoms with Crippen LogP contribution in [0.4, 0.5) is 0 Å². The maximum Gasteiger partial charge on any atom is 0.164 e. The lowest BCUT2D eigenvalue weighted by molar-refractivity contribution is 0.669. The van der Waals surface area contributed by atoms with E-state index in [1.807, 2.05) is 36.4 Å². The first kappa shape index (κ1) is 25.4. The molecule has 7 aromatic carbocycles. The Morgan fingerprint density at radius 3 is 1.82 bits per heavy atom. The summed E-state index contributed by atoms with van der Waals surface area (Å²) in [4.78, 5) is 15.3. The maximum atomic E-state index is 6.11. The fourth-order valence-electron chi connectivity index (χ4n) is 6.31. The first-order chi connectivity index (χ1) is 22.3. The highest BCUT2D eigenvalue weighted by Gasteiger charge is 2.17. The van der Waals surface area contributed by atoms with Gasteiger partial charge in [-0.3, -0.25) is 0 Å². The van der Waals surface area contributed by atoms with E-state index in [0.29, 0.717) is 17.5 Å². The average molecular weight is 576 g/mol. The molecule has 9 aromatic rings. The van der Waals surface area contributed by atoms with Gasteiger partial charge < -0.3 is 4.42 Å². The van der Waals surface area contributed by atoms with Crippen molar-refractivity contribution in [2.24, 2.45) is 0 Å². The number of furan rings is 1. The van der Waals surface area contributed by atoms with E-state index in [4.69, 9.17) is 19.4 Å². The summed E-state index contributed by atoms with van der Waals surface area (Å²) in [6.45, 7) is 0. The summed E-state index contributed by atoms with van der Waals surface area (Å²) in [7, 11) is 0. The molecule has 0 spiro atoms. The summed E-state index contributed by atoms with van der Waals surface area (Å²) in [5, 5.41) is 6.74. The summed E-state index contributed by atoms with van der Waals surface area (Å²) in [6, 6.07) is 52.3. The molecule has 9 rings (SSSR count). The third-order valence-electron chi connectivity index (χ3n) is 8.53. The number of para-hydroxylation sites is 1. The van der Waals surface area contributed by atoms with Crippen LogP contribution in [0.15, 0.2) is 156 Å². The first-order valence-electron chi connectivity index (χ1n) is 15.0. The molecule has 0 saturated heterocycles. The van der Waals surface area contributed by atoms with Crippen LogP contribution in [0.5, 0.6) is 0 Å². The number of hydrogen-bond donors (Lipinski definition) is 0. The number of rotatable bonds is 4. The lowest BCUT2D eigenvalue weighted by Crippen LogP contribution is -2.00. The van der Waals surface area contributed by atoms with Gasteiger partial charge in [0.25, 0.3) is 0 Å². The van der Waals surface area contributed by atoms with Gasteiger partial charge in [0.05, 0.1) is 0 Å². The van der Waals surface area contributed by atoms with Gasteiger partial charge in [0, 0.05) is 32.8 Å². The Bertz CT molecular complexity index is 2530. The summed E-state index contributed by atoms with van der Waals surface area (Å²) in [6.07, 6.45) is 0. The molecule has 0 saturated carbocycles. The van der Waals surface area contributed by atoms with Crippen molar-refractivity contribution in [3.05, 3.63) is 152 Å². The number of aromatic nitrogens is 3. The van der Waals surface area contributed by atoms with Crippen molar-refractivity contribution in [3.63, 3.8) is 0 Å². The Balaban J connectivity index is 1.27. The number of fused-ring (bicyclic) bond motifs is 6. The fourth-order valence-corrected chi connectivity index (χ4v) is 6.31. The summed E-state index contributed by atoms with van der Waals surface area (Å²) in [5.74, 6) is 1.89. The molecule has 2 heterocycles. The van der Waals surface area contributed by atoms with Gasteiger partial charge in [-0.2, -0.15) is 0 Å². The van der Waals surface area contributed by atoms with Crippen LogP contribution in [0.3, 0.4) is 0 Å². The number of hydrogen-bond acceptors (Lipinski definition) is 4. The molecular weight excluding hydrogens is 550 g/mol. The van der Waals surface area contributed by atoms with Crippen molar-refractivity contribution in [2.45, 2.75) is 0 Å². The van der Waals surface area contributed by atoms with E-state index in [9.17, 15) is 0 Å². The highest BCUT2D eigenvalue weighted by atomic mass is 16.3. The Kier molecular flexibility index (Phi) is 5.78. The summed E-state index contributed by atoms with van der Waals surface area (Å²) >= 11 is 0. The number of nitrogens with zero attached hydrogens (tertiary/aromatic N) is 3. The fraction of sp³-hybridized carbons (Fsp3) is 0. The van der Waals surface area contributed by atoms with Crippen molar-refractivity contribution in [3.8, 4) is 45.3 Å². The summed E-state index contributed by atoms with van der Waals surface area (Å²) in [5.41, 5.74) is 6.83. The smallest absolute Gasteiger partial charge is 0.164 e. The molecule has 0 aliphatic carbocycles. The van der Waals surface area contributed by atoms with Crippen molar-refractivity contribution in [1.82, 2.24) is 15.0 Å². The molecule has 0 unspecified atom stereocenters. The van der Waals surface area contributed by atoms with E-state index in [2.05, 4.69) is 115 Å². The molecule has 0 amide bonds. The third-order valence-corrected chi connectivity index (χ3v) is 8.53. The van der Waals surface area contributed by atoms with E-state index in [0.717, 1.165) is 55.0 Å². The van der Waals surface area contributed by atoms with E-state index >= 15 is 0 Å². The summed E-state index contributed by atoms with van der Waals surface area (Å²) < 4.78 is 6.11. The van der Waals surface area contributed by atoms with Crippen molar-refractivity contribution < 1.29 is 4.42 Å². The molecule has 45 heavy (non-hydrogen) atoms. The van der Waals surface area contributed by atoms with E-state index in [-0.39, 0.29) is 0 Å². The molecule has 0 aliphatic rings. The zero-order valence-corrected chi connectivity index (χ0v) is 24.2. The van der Waals surface area contributed by atoms with E-state index < -0.39 is 0 Å². The minimum Gasteiger partial charge on any atom is -0.456 e. The second-order valence-electron chi connectivity index (χ2n) is 11.2. The predicted molar refractivity (Wildman–Crippen MR) is 184 cm³/mol. The van der Waals surface area contributed by atoms with Gasteiger partial charge in [0.15, 0.2) is 17.5 Å². The molecular formula is C41H25N3O. The van der Waals surface area contributed by atoms with Gasteiger partial charge in [0.2, 0.25) is 0 Å². The Hall–Kier alpha value is -6.13. The maximum absolute atomic E-state index is 6.11. The average Bonchev–Trinajstić information content (AvgIpc) is 3.49. The van der Waals surface area contributed by atoms with Crippen LogP contribution in [-0.2, 0) is 0 Å². The van der Waals surface area contributed by atoms with Crippen LogP contribution in [0.2, 0.25) is 0 Å². The Labute approximate surface area is 259 Å². The van der Waals surface area contributed by atoms with Crippen molar-refractivity contribution in [2.75, 3.05) is 0 Å². The third kappa shape index (κ3) is 4.35. The Morgan fingerprint density at radius 1 is 0.356 bits per heavy atom. The monoisotopic (exact) mass is 575 g/mol. The lowest BCUT2D eigenvalue weighted by Gasteiger charge is -2.12. The zero-order valence-electron chi connectivity index (χ0n) is 24.2. The molecule has 4 heteroatoms. The van der Waals surface area contributed by atoms with Crippen LogP contribution < -0.4 is 0 Å².